The number of rotatable bonds is 13. The molecule has 0 fully saturated rings. The number of hydrogen-bond donors (Lipinski definition) is 6. The summed E-state index contributed by atoms with van der Waals surface area (Å²) in [6.45, 7) is 1.64. The molecule has 36 heavy (non-hydrogen) atoms. The molecule has 13 nitrogen and oxygen atoms in total. The number of guanidine groups is 1. The minimum atomic E-state index is -4.29. The maximum Gasteiger partial charge on any atom is 0.265 e. The molecule has 2 aromatic rings. The number of hydrogen-bond acceptors (Lipinski definition) is 9. The van der Waals surface area contributed by atoms with Crippen LogP contribution in [0.3, 0.4) is 0 Å². The molecule has 14 heteroatoms. The van der Waals surface area contributed by atoms with Gasteiger partial charge in [-0.25, -0.2) is 8.42 Å². The molecule has 196 valence electrons. The van der Waals surface area contributed by atoms with Crippen molar-refractivity contribution in [3.8, 4) is 11.5 Å². The van der Waals surface area contributed by atoms with E-state index in [1.165, 1.54) is 38.5 Å². The lowest BCUT2D eigenvalue weighted by atomic mass is 9.89. The number of nitrogens with one attached hydrogen (secondary N) is 4. The molecule has 0 aliphatic carbocycles. The van der Waals surface area contributed by atoms with Gasteiger partial charge >= 0.3 is 0 Å². The van der Waals surface area contributed by atoms with Crippen LogP contribution in [0.1, 0.15) is 17.7 Å². The van der Waals surface area contributed by atoms with Gasteiger partial charge in [-0.05, 0) is 31.5 Å². The number of anilines is 1. The normalized spacial score (nSPS) is 12.8. The molecule has 1 unspecified atom stereocenters. The number of benzene rings is 1. The van der Waals surface area contributed by atoms with Gasteiger partial charge in [-0.15, -0.1) is 0 Å². The summed E-state index contributed by atoms with van der Waals surface area (Å²) in [7, 11) is -1.61. The first-order chi connectivity index (χ1) is 16.9. The second kappa shape index (κ2) is 12.2. The second-order valence-electron chi connectivity index (χ2n) is 7.89. The van der Waals surface area contributed by atoms with Crippen LogP contribution in [0.2, 0.25) is 0 Å². The number of aldehydes is 1. The Morgan fingerprint density at radius 3 is 2.53 bits per heavy atom. The number of H-pyrrole nitrogens is 1. The van der Waals surface area contributed by atoms with Crippen LogP contribution in [0.5, 0.6) is 11.5 Å². The Balaban J connectivity index is 2.46. The number of carbonyl (C=O) groups excluding carboxylic acids is 2. The highest BCUT2D eigenvalue weighted by molar-refractivity contribution is 7.92. The van der Waals surface area contributed by atoms with Crippen LogP contribution in [0.15, 0.2) is 34.0 Å². The topological polar surface area (TPSA) is 220 Å². The molecule has 1 aromatic heterocycles. The van der Waals surface area contributed by atoms with E-state index >= 15 is 0 Å². The number of nitrogens with two attached hydrogens (primary N) is 2. The number of ether oxygens (including phenoxy) is 2. The Morgan fingerprint density at radius 1 is 1.25 bits per heavy atom. The summed E-state index contributed by atoms with van der Waals surface area (Å²) in [4.78, 5) is 39.4. The predicted octanol–water partition coefficient (Wildman–Crippen LogP) is -0.372. The molecule has 0 radical (unpaired) electrons. The maximum atomic E-state index is 13.3. The zero-order chi connectivity index (χ0) is 27.0. The van der Waals surface area contributed by atoms with E-state index in [0.717, 1.165) is 0 Å². The Kier molecular flexibility index (Phi) is 9.58. The van der Waals surface area contributed by atoms with Gasteiger partial charge in [0.15, 0.2) is 5.96 Å². The van der Waals surface area contributed by atoms with Gasteiger partial charge in [-0.2, -0.15) is 0 Å². The SMILES string of the molecule is COc1ccc(OC)c(S(=O)(=O)Nc2cc(C)[nH]c(=O)c2CC(=O)C(CCNC(=N)N)[C@H](N)C=O)c1. The fourth-order valence-electron chi connectivity index (χ4n) is 3.51. The van der Waals surface area contributed by atoms with Crippen molar-refractivity contribution in [2.45, 2.75) is 30.7 Å². The van der Waals surface area contributed by atoms with E-state index < -0.39 is 39.7 Å². The van der Waals surface area contributed by atoms with Crippen molar-refractivity contribution in [3.63, 3.8) is 0 Å². The first kappa shape index (κ1) is 28.3. The third-order valence-corrected chi connectivity index (χ3v) is 6.72. The van der Waals surface area contributed by atoms with Gasteiger partial charge in [0, 0.05) is 36.2 Å². The lowest BCUT2D eigenvalue weighted by Gasteiger charge is -2.20. The number of aromatic nitrogens is 1. The summed E-state index contributed by atoms with van der Waals surface area (Å²) in [5, 5.41) is 9.75. The van der Waals surface area contributed by atoms with Crippen molar-refractivity contribution in [2.24, 2.45) is 17.4 Å². The number of Topliss-reactive ketones (excluding diaryl/α,β-unsaturated/α-hetero) is 1. The molecule has 8 N–H and O–H groups in total. The summed E-state index contributed by atoms with van der Waals surface area (Å²) < 4.78 is 39.1. The standard InChI is InChI=1S/C22H30N6O7S/c1-12-8-17(28-36(32,33)20-9-13(34-2)4-5-19(20)35-3)15(21(31)27-12)10-18(30)14(16(23)11-29)6-7-26-22(24)25/h4-5,8-9,11,14,16H,6-7,10,23H2,1-3H3,(H4,24,25,26)(H2,27,28,31)/t14?,16-/m1/s1. The zero-order valence-corrected chi connectivity index (χ0v) is 20.9. The number of carbonyl (C=O) groups is 2. The molecule has 2 rings (SSSR count). The number of aromatic amines is 1. The van der Waals surface area contributed by atoms with Gasteiger partial charge in [0.05, 0.1) is 25.9 Å². The number of ketones is 1. The number of aryl methyl sites for hydroxylation is 1. The quantitative estimate of drug-likeness (QED) is 0.114. The molecule has 0 saturated carbocycles. The molecule has 1 heterocycles. The first-order valence-corrected chi connectivity index (χ1v) is 12.2. The van der Waals surface area contributed by atoms with Crippen LogP contribution in [0, 0.1) is 18.3 Å². The number of methoxy groups -OCH3 is 2. The molecule has 0 saturated heterocycles. The van der Waals surface area contributed by atoms with E-state index in [4.69, 9.17) is 26.4 Å². The Bertz CT molecular complexity index is 1290. The van der Waals surface area contributed by atoms with E-state index in [-0.39, 0.29) is 46.6 Å². The van der Waals surface area contributed by atoms with Gasteiger partial charge in [0.1, 0.15) is 28.5 Å². The summed E-state index contributed by atoms with van der Waals surface area (Å²) >= 11 is 0. The molecule has 0 bridgehead atoms. The predicted molar refractivity (Wildman–Crippen MR) is 133 cm³/mol. The monoisotopic (exact) mass is 522 g/mol. The molecule has 1 aromatic carbocycles. The number of sulfonamides is 1. The lowest BCUT2D eigenvalue weighted by Crippen LogP contribution is -2.41. The van der Waals surface area contributed by atoms with Crippen LogP contribution in [0.25, 0.3) is 0 Å². The van der Waals surface area contributed by atoms with Gasteiger partial charge in [-0.3, -0.25) is 19.7 Å². The number of pyridine rings is 1. The largest absolute Gasteiger partial charge is 0.497 e. The van der Waals surface area contributed by atoms with Crippen LogP contribution in [0.4, 0.5) is 5.69 Å². The fraction of sp³-hybridized carbons (Fsp3) is 0.364. The Hall–Kier alpha value is -3.91. The van der Waals surface area contributed by atoms with Crippen molar-refractivity contribution in [3.05, 3.63) is 45.9 Å². The van der Waals surface area contributed by atoms with Crippen molar-refractivity contribution in [1.29, 1.82) is 5.41 Å². The zero-order valence-electron chi connectivity index (χ0n) is 20.1. The smallest absolute Gasteiger partial charge is 0.265 e. The van der Waals surface area contributed by atoms with Gasteiger partial charge in [-0.1, -0.05) is 0 Å². The molecule has 0 aliphatic heterocycles. The third-order valence-electron chi connectivity index (χ3n) is 5.33. The van der Waals surface area contributed by atoms with E-state index in [9.17, 15) is 22.8 Å². The minimum Gasteiger partial charge on any atom is -0.497 e. The van der Waals surface area contributed by atoms with Crippen LogP contribution >= 0.6 is 0 Å². The molecular formula is C22H30N6O7S. The maximum absolute atomic E-state index is 13.3. The summed E-state index contributed by atoms with van der Waals surface area (Å²) in [6.07, 6.45) is -0.0342. The van der Waals surface area contributed by atoms with Crippen molar-refractivity contribution >= 4 is 33.7 Å². The summed E-state index contributed by atoms with van der Waals surface area (Å²) in [5.41, 5.74) is 10.4. The molecule has 0 aliphatic rings. The van der Waals surface area contributed by atoms with Crippen LogP contribution in [-0.4, -0.2) is 58.2 Å². The second-order valence-corrected chi connectivity index (χ2v) is 9.54. The van der Waals surface area contributed by atoms with Gasteiger partial charge in [0.2, 0.25) is 0 Å². The van der Waals surface area contributed by atoms with Crippen LogP contribution in [-0.2, 0) is 26.0 Å². The summed E-state index contributed by atoms with van der Waals surface area (Å²) in [5.74, 6) is -1.58. The Morgan fingerprint density at radius 2 is 1.94 bits per heavy atom. The highest BCUT2D eigenvalue weighted by Crippen LogP contribution is 2.30. The average molecular weight is 523 g/mol. The average Bonchev–Trinajstić information content (AvgIpc) is 2.82. The lowest BCUT2D eigenvalue weighted by molar-refractivity contribution is -0.125. The van der Waals surface area contributed by atoms with Crippen molar-refractivity contribution in [1.82, 2.24) is 10.3 Å². The van der Waals surface area contributed by atoms with Crippen molar-refractivity contribution in [2.75, 3.05) is 25.5 Å². The third kappa shape index (κ3) is 7.05. The first-order valence-electron chi connectivity index (χ1n) is 10.7. The van der Waals surface area contributed by atoms with E-state index in [1.54, 1.807) is 6.92 Å². The van der Waals surface area contributed by atoms with Gasteiger partial charge in [0.25, 0.3) is 15.6 Å². The fourth-order valence-corrected chi connectivity index (χ4v) is 4.78. The molecule has 2 atom stereocenters. The van der Waals surface area contributed by atoms with Crippen molar-refractivity contribution < 1.29 is 27.5 Å². The Labute approximate surface area is 208 Å². The summed E-state index contributed by atoms with van der Waals surface area (Å²) in [6, 6.07) is 4.41. The molecule has 0 amide bonds. The molecule has 0 spiro atoms. The highest BCUT2D eigenvalue weighted by Gasteiger charge is 2.28. The molecular weight excluding hydrogens is 492 g/mol. The highest BCUT2D eigenvalue weighted by atomic mass is 32.2. The minimum absolute atomic E-state index is 0.0393. The van der Waals surface area contributed by atoms with E-state index in [1.807, 2.05) is 0 Å². The van der Waals surface area contributed by atoms with Crippen LogP contribution < -0.4 is 36.5 Å². The van der Waals surface area contributed by atoms with Gasteiger partial charge < -0.3 is 36.0 Å². The van der Waals surface area contributed by atoms with E-state index in [2.05, 4.69) is 15.0 Å². The van der Waals surface area contributed by atoms with E-state index in [0.29, 0.717) is 12.0 Å².